The highest BCUT2D eigenvalue weighted by Gasteiger charge is 2.55. The Labute approximate surface area is 275 Å². The monoisotopic (exact) mass is 783 g/mol. The van der Waals surface area contributed by atoms with E-state index in [1.54, 1.807) is 26.9 Å². The van der Waals surface area contributed by atoms with Gasteiger partial charge in [0.2, 0.25) is 11.9 Å². The van der Waals surface area contributed by atoms with Crippen molar-refractivity contribution in [3.05, 3.63) is 16.7 Å². The van der Waals surface area contributed by atoms with Gasteiger partial charge in [0, 0.05) is 5.92 Å². The molecule has 0 radical (unpaired) electrons. The quantitative estimate of drug-likeness (QED) is 0.100. The summed E-state index contributed by atoms with van der Waals surface area (Å²) in [5.41, 5.74) is -1.19. The zero-order chi connectivity index (χ0) is 36.8. The molecular formula is C22H41N5O16P4Si. The van der Waals surface area contributed by atoms with Crippen LogP contribution in [0.1, 0.15) is 40.8 Å². The van der Waals surface area contributed by atoms with E-state index in [0.29, 0.717) is 0 Å². The van der Waals surface area contributed by atoms with Crippen LogP contribution in [0, 0.1) is 5.92 Å². The van der Waals surface area contributed by atoms with Crippen molar-refractivity contribution in [3.8, 4) is 0 Å². The van der Waals surface area contributed by atoms with E-state index >= 15 is 0 Å². The van der Waals surface area contributed by atoms with Gasteiger partial charge in [0.15, 0.2) is 37.5 Å². The standard InChI is InChI=1S/C22H41N5O16P4Si/c1-12(2)18(28)25-21-24-17-14(19(29)26-21)23-9-27(17)20-16(43-48(6,7)22(3,4)5)15(42-47(38,39)11-45(33,34)35)13(41-20)8-40-46(36,37)10-44(30,31)32/h9,12-13,15-16,20H,8,10-11H2,1-7H3,(H,36,37)(H,38,39)(H2,30,31,32)(H2,33,34,35)(H2,24,25,26,28,29)/t13-,15-,16-,20-/m1/s1. The third-order valence-electron chi connectivity index (χ3n) is 7.45. The molecule has 1 saturated heterocycles. The van der Waals surface area contributed by atoms with Gasteiger partial charge in [0.25, 0.3) is 5.56 Å². The van der Waals surface area contributed by atoms with Gasteiger partial charge in [-0.05, 0) is 18.1 Å². The average Bonchev–Trinajstić information content (AvgIpc) is 3.40. The number of hydrogen-bond donors (Lipinski definition) is 8. The van der Waals surface area contributed by atoms with Crippen LogP contribution in [0.5, 0.6) is 0 Å². The fourth-order valence-corrected chi connectivity index (χ4v) is 10.8. The van der Waals surface area contributed by atoms with Crippen LogP contribution in [0.15, 0.2) is 11.1 Å². The second-order valence-electron chi connectivity index (χ2n) is 13.0. The highest BCUT2D eigenvalue weighted by molar-refractivity contribution is 7.70. The molecule has 0 aromatic carbocycles. The number of hydrogen-bond acceptors (Lipinski definition) is 12. The summed E-state index contributed by atoms with van der Waals surface area (Å²) in [7, 11) is -23.4. The molecule has 1 aliphatic heterocycles. The summed E-state index contributed by atoms with van der Waals surface area (Å²) in [5.74, 6) is -4.45. The Morgan fingerprint density at radius 2 is 1.60 bits per heavy atom. The summed E-state index contributed by atoms with van der Waals surface area (Å²) < 4.78 is 72.8. The van der Waals surface area contributed by atoms with Crippen molar-refractivity contribution in [2.75, 3.05) is 23.7 Å². The highest BCUT2D eigenvalue weighted by atomic mass is 31.2. The molecule has 26 heteroatoms. The lowest BCUT2D eigenvalue weighted by molar-refractivity contribution is -0.118. The van der Waals surface area contributed by atoms with Gasteiger partial charge in [0.1, 0.15) is 18.3 Å². The number of imidazole rings is 1. The van der Waals surface area contributed by atoms with E-state index in [1.807, 2.05) is 20.8 Å². The van der Waals surface area contributed by atoms with Crippen LogP contribution in [0.3, 0.4) is 0 Å². The van der Waals surface area contributed by atoms with E-state index in [9.17, 15) is 57.2 Å². The molecule has 6 atom stereocenters. The Balaban J connectivity index is 2.21. The van der Waals surface area contributed by atoms with Crippen molar-refractivity contribution < 1.29 is 70.6 Å². The van der Waals surface area contributed by atoms with Crippen LogP contribution in [-0.2, 0) is 41.3 Å². The second-order valence-corrected chi connectivity index (χ2v) is 25.7. The number of amides is 1. The summed E-state index contributed by atoms with van der Waals surface area (Å²) in [5, 5.41) is 1.92. The van der Waals surface area contributed by atoms with Crippen LogP contribution in [0.2, 0.25) is 18.1 Å². The number of aromatic nitrogens is 4. The SMILES string of the molecule is CC(C)C(=O)Nc1nc2c(ncn2[C@@H]2O[C@H](COP(=O)(O)CP(=O)(O)O)[C@@H](OP(=O)(O)CP(=O)(O)O)[C@H]2O[Si](C)(C)C(C)(C)C)c(=O)[nH]1. The van der Waals surface area contributed by atoms with Gasteiger partial charge >= 0.3 is 30.4 Å². The smallest absolute Gasteiger partial charge is 0.340 e. The number of nitrogens with zero attached hydrogens (tertiary/aromatic N) is 3. The average molecular weight is 784 g/mol. The molecule has 21 nitrogen and oxygen atoms in total. The molecule has 2 aromatic rings. The molecule has 0 spiro atoms. The normalized spacial score (nSPS) is 23.7. The zero-order valence-corrected chi connectivity index (χ0v) is 31.6. The largest absolute Gasteiger partial charge is 0.407 e. The van der Waals surface area contributed by atoms with E-state index in [4.69, 9.17) is 18.2 Å². The second kappa shape index (κ2) is 14.3. The van der Waals surface area contributed by atoms with Gasteiger partial charge in [-0.25, -0.2) is 4.98 Å². The van der Waals surface area contributed by atoms with Crippen LogP contribution in [0.4, 0.5) is 5.95 Å². The molecule has 0 bridgehead atoms. The van der Waals surface area contributed by atoms with Crippen molar-refractivity contribution in [3.63, 3.8) is 0 Å². The molecular weight excluding hydrogens is 742 g/mol. The lowest BCUT2D eigenvalue weighted by Gasteiger charge is -2.40. The predicted octanol–water partition coefficient (Wildman–Crippen LogP) is 2.04. The van der Waals surface area contributed by atoms with E-state index in [-0.39, 0.29) is 17.1 Å². The first-order chi connectivity index (χ1) is 21.5. The zero-order valence-electron chi connectivity index (χ0n) is 27.0. The van der Waals surface area contributed by atoms with Gasteiger partial charge in [-0.1, -0.05) is 34.6 Å². The van der Waals surface area contributed by atoms with Gasteiger partial charge in [-0.15, -0.1) is 0 Å². The van der Waals surface area contributed by atoms with E-state index in [0.717, 1.165) is 6.33 Å². The molecule has 3 heterocycles. The van der Waals surface area contributed by atoms with E-state index in [2.05, 4.69) is 20.3 Å². The number of aromatic amines is 1. The van der Waals surface area contributed by atoms with Crippen molar-refractivity contribution in [2.24, 2.45) is 5.92 Å². The topological polar surface area (TPSA) is 319 Å². The van der Waals surface area contributed by atoms with Crippen LogP contribution in [0.25, 0.3) is 11.2 Å². The summed E-state index contributed by atoms with van der Waals surface area (Å²) in [6, 6.07) is 0. The summed E-state index contributed by atoms with van der Waals surface area (Å²) in [4.78, 5) is 93.9. The number of fused-ring (bicyclic) bond motifs is 1. The third-order valence-corrected chi connectivity index (χ3v) is 18.9. The molecule has 2 unspecified atom stereocenters. The molecule has 48 heavy (non-hydrogen) atoms. The first kappa shape index (κ1) is 41.0. The molecule has 1 fully saturated rings. The third kappa shape index (κ3) is 10.8. The Morgan fingerprint density at radius 3 is 2.12 bits per heavy atom. The van der Waals surface area contributed by atoms with Gasteiger partial charge in [-0.2, -0.15) is 4.98 Å². The molecule has 8 N–H and O–H groups in total. The molecule has 0 aliphatic carbocycles. The number of carbonyl (C=O) groups excluding carboxylic acids is 1. The minimum atomic E-state index is -5.20. The summed E-state index contributed by atoms with van der Waals surface area (Å²) in [6.07, 6.45) is -5.32. The van der Waals surface area contributed by atoms with Gasteiger partial charge in [-0.3, -0.25) is 47.2 Å². The number of H-pyrrole nitrogens is 1. The fraction of sp³-hybridized carbons (Fsp3) is 0.727. The molecule has 1 amide bonds. The van der Waals surface area contributed by atoms with Crippen LogP contribution in [-0.4, -0.2) is 99.8 Å². The Hall–Kier alpha value is -1.44. The summed E-state index contributed by atoms with van der Waals surface area (Å²) >= 11 is 0. The number of carbonyl (C=O) groups is 1. The molecule has 2 aromatic heterocycles. The Morgan fingerprint density at radius 1 is 1.04 bits per heavy atom. The van der Waals surface area contributed by atoms with Crippen molar-refractivity contribution in [1.29, 1.82) is 0 Å². The summed E-state index contributed by atoms with van der Waals surface area (Å²) in [6.45, 7) is 11.3. The Kier molecular flexibility index (Phi) is 12.2. The van der Waals surface area contributed by atoms with Crippen molar-refractivity contribution in [1.82, 2.24) is 19.5 Å². The van der Waals surface area contributed by atoms with E-state index in [1.165, 1.54) is 4.57 Å². The van der Waals surface area contributed by atoms with Gasteiger partial charge in [0.05, 0.1) is 12.9 Å². The number of nitrogens with one attached hydrogen (secondary N) is 2. The van der Waals surface area contributed by atoms with Crippen LogP contribution >= 0.6 is 30.4 Å². The highest BCUT2D eigenvalue weighted by Crippen LogP contribution is 2.59. The maximum Gasteiger partial charge on any atom is 0.340 e. The lowest BCUT2D eigenvalue weighted by Crippen LogP contribution is -2.49. The number of rotatable bonds is 14. The number of ether oxygens (including phenoxy) is 1. The predicted molar refractivity (Wildman–Crippen MR) is 172 cm³/mol. The maximum atomic E-state index is 13.1. The molecule has 274 valence electrons. The van der Waals surface area contributed by atoms with Crippen molar-refractivity contribution in [2.45, 2.75) is 77.3 Å². The maximum absolute atomic E-state index is 13.1. The molecule has 3 rings (SSSR count). The fourth-order valence-electron chi connectivity index (χ4n) is 4.19. The minimum absolute atomic E-state index is 0.177. The lowest BCUT2D eigenvalue weighted by atomic mass is 10.1. The Bertz CT molecular complexity index is 1760. The minimum Gasteiger partial charge on any atom is -0.407 e. The van der Waals surface area contributed by atoms with E-state index < -0.39 is 104 Å². The number of anilines is 1. The van der Waals surface area contributed by atoms with Crippen molar-refractivity contribution >= 4 is 61.7 Å². The first-order valence-corrected chi connectivity index (χ1v) is 24.2. The van der Waals surface area contributed by atoms with Crippen LogP contribution < -0.4 is 10.9 Å². The molecule has 1 aliphatic rings. The molecule has 0 saturated carbocycles. The first-order valence-electron chi connectivity index (χ1n) is 14.2. The van der Waals surface area contributed by atoms with Gasteiger partial charge < -0.3 is 43.0 Å².